The number of nitrogens with one attached hydrogen (secondary N) is 1. The molecule has 4 rings (SSSR count). The first-order chi connectivity index (χ1) is 11.1. The molecule has 4 heterocycles. The molecule has 0 saturated carbocycles. The Hall–Kier alpha value is -2.13. The van der Waals surface area contributed by atoms with Crippen LogP contribution in [-0.4, -0.2) is 69.9 Å². The van der Waals surface area contributed by atoms with Crippen molar-refractivity contribution < 1.29 is 4.74 Å². The van der Waals surface area contributed by atoms with Crippen LogP contribution in [0.4, 0.5) is 5.95 Å². The normalized spacial score (nSPS) is 18.7. The van der Waals surface area contributed by atoms with Crippen molar-refractivity contribution in [1.29, 1.82) is 0 Å². The highest BCUT2D eigenvalue weighted by atomic mass is 16.5. The molecule has 2 aromatic rings. The molecule has 0 aromatic carbocycles. The number of nitrogens with zero attached hydrogens (tertiary/aromatic N) is 5. The van der Waals surface area contributed by atoms with Gasteiger partial charge in [0.1, 0.15) is 0 Å². The molecular weight excluding hydrogens is 300 g/mol. The number of hydrogen-bond donors (Lipinski definition) is 1. The smallest absolute Gasteiger partial charge is 0.329 e. The van der Waals surface area contributed by atoms with E-state index in [2.05, 4.69) is 19.8 Å². The van der Waals surface area contributed by atoms with Gasteiger partial charge >= 0.3 is 5.69 Å². The number of fused-ring (bicyclic) bond motifs is 3. The van der Waals surface area contributed by atoms with Crippen molar-refractivity contribution in [2.75, 3.05) is 50.8 Å². The summed E-state index contributed by atoms with van der Waals surface area (Å²) in [6.45, 7) is 6.85. The predicted octanol–water partition coefficient (Wildman–Crippen LogP) is -1.42. The zero-order chi connectivity index (χ0) is 16.0. The van der Waals surface area contributed by atoms with Gasteiger partial charge in [0.2, 0.25) is 5.95 Å². The Labute approximate surface area is 132 Å². The Morgan fingerprint density at radius 2 is 1.91 bits per heavy atom. The van der Waals surface area contributed by atoms with Crippen molar-refractivity contribution in [3.8, 4) is 0 Å². The number of aryl methyl sites for hydroxylation is 1. The van der Waals surface area contributed by atoms with Gasteiger partial charge in [-0.25, -0.2) is 4.79 Å². The number of H-pyrrole nitrogens is 1. The molecule has 0 unspecified atom stereocenters. The van der Waals surface area contributed by atoms with E-state index in [4.69, 9.17) is 4.74 Å². The number of rotatable bonds is 3. The largest absolute Gasteiger partial charge is 0.379 e. The summed E-state index contributed by atoms with van der Waals surface area (Å²) in [5.74, 6) is 0.778. The SMILES string of the molecule is Cn1c(=O)[nH]c(=O)c2c1nc1n2CCN1CCN1CCOCC1. The molecule has 2 aliphatic heterocycles. The summed E-state index contributed by atoms with van der Waals surface area (Å²) in [6, 6.07) is 0. The molecule has 0 spiro atoms. The van der Waals surface area contributed by atoms with Crippen LogP contribution in [0.25, 0.3) is 11.2 Å². The quantitative estimate of drug-likeness (QED) is 0.746. The highest BCUT2D eigenvalue weighted by Crippen LogP contribution is 2.24. The van der Waals surface area contributed by atoms with Crippen LogP contribution in [0.2, 0.25) is 0 Å². The minimum atomic E-state index is -0.431. The first-order valence-electron chi connectivity index (χ1n) is 7.90. The van der Waals surface area contributed by atoms with Gasteiger partial charge in [-0.3, -0.25) is 19.2 Å². The highest BCUT2D eigenvalue weighted by molar-refractivity contribution is 5.75. The van der Waals surface area contributed by atoms with Gasteiger partial charge in [-0.15, -0.1) is 0 Å². The Morgan fingerprint density at radius 3 is 2.70 bits per heavy atom. The summed E-state index contributed by atoms with van der Waals surface area (Å²) in [4.78, 5) is 35.3. The molecule has 1 saturated heterocycles. The summed E-state index contributed by atoms with van der Waals surface area (Å²) >= 11 is 0. The predicted molar refractivity (Wildman–Crippen MR) is 85.1 cm³/mol. The lowest BCUT2D eigenvalue weighted by atomic mass is 10.4. The molecule has 0 aliphatic carbocycles. The van der Waals surface area contributed by atoms with Crippen LogP contribution >= 0.6 is 0 Å². The molecule has 9 nitrogen and oxygen atoms in total. The van der Waals surface area contributed by atoms with Crippen LogP contribution in [0.15, 0.2) is 9.59 Å². The highest BCUT2D eigenvalue weighted by Gasteiger charge is 2.26. The first kappa shape index (κ1) is 14.5. The lowest BCUT2D eigenvalue weighted by molar-refractivity contribution is 0.0392. The van der Waals surface area contributed by atoms with E-state index in [1.165, 1.54) is 4.57 Å². The van der Waals surface area contributed by atoms with Crippen molar-refractivity contribution in [1.82, 2.24) is 24.0 Å². The number of ether oxygens (including phenoxy) is 1. The van der Waals surface area contributed by atoms with Crippen molar-refractivity contribution in [2.45, 2.75) is 6.54 Å². The Morgan fingerprint density at radius 1 is 1.13 bits per heavy atom. The first-order valence-corrected chi connectivity index (χ1v) is 7.90. The van der Waals surface area contributed by atoms with Gasteiger partial charge in [-0.2, -0.15) is 4.98 Å². The summed E-state index contributed by atoms with van der Waals surface area (Å²) in [5.41, 5.74) is 0.136. The van der Waals surface area contributed by atoms with Crippen LogP contribution in [0.1, 0.15) is 0 Å². The molecule has 0 atom stereocenters. The molecule has 124 valence electrons. The van der Waals surface area contributed by atoms with E-state index in [1.807, 2.05) is 4.57 Å². The van der Waals surface area contributed by atoms with E-state index in [0.29, 0.717) is 11.2 Å². The molecule has 1 fully saturated rings. The summed E-state index contributed by atoms with van der Waals surface area (Å²) in [6.07, 6.45) is 0. The van der Waals surface area contributed by atoms with Gasteiger partial charge in [-0.05, 0) is 0 Å². The Bertz CT molecular complexity index is 845. The van der Waals surface area contributed by atoms with Crippen LogP contribution in [-0.2, 0) is 18.3 Å². The monoisotopic (exact) mass is 320 g/mol. The van der Waals surface area contributed by atoms with Gasteiger partial charge in [0, 0.05) is 46.3 Å². The molecule has 0 radical (unpaired) electrons. The van der Waals surface area contributed by atoms with Crippen LogP contribution in [0.3, 0.4) is 0 Å². The summed E-state index contributed by atoms with van der Waals surface area (Å²) in [5, 5.41) is 0. The average molecular weight is 320 g/mol. The second-order valence-corrected chi connectivity index (χ2v) is 6.00. The lowest BCUT2D eigenvalue weighted by Gasteiger charge is -2.28. The second kappa shape index (κ2) is 5.50. The fraction of sp³-hybridized carbons (Fsp3) is 0.643. The van der Waals surface area contributed by atoms with Crippen LogP contribution < -0.4 is 16.1 Å². The number of morpholine rings is 1. The van der Waals surface area contributed by atoms with Crippen molar-refractivity contribution in [3.05, 3.63) is 20.8 Å². The minimum Gasteiger partial charge on any atom is -0.379 e. The van der Waals surface area contributed by atoms with Crippen LogP contribution in [0.5, 0.6) is 0 Å². The van der Waals surface area contributed by atoms with Gasteiger partial charge < -0.3 is 14.2 Å². The number of hydrogen-bond acceptors (Lipinski definition) is 6. The molecule has 0 amide bonds. The van der Waals surface area contributed by atoms with E-state index >= 15 is 0 Å². The maximum absolute atomic E-state index is 12.1. The number of anilines is 1. The second-order valence-electron chi connectivity index (χ2n) is 6.00. The number of aromatic nitrogens is 4. The third kappa shape index (κ3) is 2.36. The van der Waals surface area contributed by atoms with Gasteiger partial charge in [0.05, 0.1) is 13.2 Å². The van der Waals surface area contributed by atoms with Gasteiger partial charge in [0.25, 0.3) is 5.56 Å². The van der Waals surface area contributed by atoms with E-state index < -0.39 is 5.69 Å². The zero-order valence-corrected chi connectivity index (χ0v) is 13.1. The molecule has 1 N–H and O–H groups in total. The van der Waals surface area contributed by atoms with Crippen molar-refractivity contribution >= 4 is 17.1 Å². The fourth-order valence-corrected chi connectivity index (χ4v) is 3.30. The van der Waals surface area contributed by atoms with Gasteiger partial charge in [-0.1, -0.05) is 0 Å². The summed E-state index contributed by atoms with van der Waals surface area (Å²) < 4.78 is 8.66. The van der Waals surface area contributed by atoms with Crippen LogP contribution in [0, 0.1) is 0 Å². The van der Waals surface area contributed by atoms with E-state index in [0.717, 1.165) is 58.4 Å². The molecule has 23 heavy (non-hydrogen) atoms. The molecule has 0 bridgehead atoms. The van der Waals surface area contributed by atoms with E-state index in [1.54, 1.807) is 7.05 Å². The maximum Gasteiger partial charge on any atom is 0.329 e. The number of imidazole rings is 1. The minimum absolute atomic E-state index is 0.364. The molecule has 2 aliphatic rings. The number of aromatic amines is 1. The molecule has 9 heteroatoms. The fourth-order valence-electron chi connectivity index (χ4n) is 3.30. The molecule has 2 aromatic heterocycles. The Balaban J connectivity index is 1.62. The van der Waals surface area contributed by atoms with E-state index in [9.17, 15) is 9.59 Å². The standard InChI is InChI=1S/C14H20N6O3/c1-17-11-10(12(21)16-14(17)22)20-5-4-19(13(20)15-11)3-2-18-6-8-23-9-7-18/h2-9H2,1H3,(H,16,21,22). The van der Waals surface area contributed by atoms with E-state index in [-0.39, 0.29) is 5.56 Å². The summed E-state index contributed by atoms with van der Waals surface area (Å²) in [7, 11) is 1.63. The average Bonchev–Trinajstić information content (AvgIpc) is 3.11. The van der Waals surface area contributed by atoms with Crippen molar-refractivity contribution in [2.24, 2.45) is 7.05 Å². The zero-order valence-electron chi connectivity index (χ0n) is 13.1. The Kier molecular flexibility index (Phi) is 3.46. The topological polar surface area (TPSA) is 88.4 Å². The maximum atomic E-state index is 12.1. The molecular formula is C14H20N6O3. The third-order valence-electron chi connectivity index (χ3n) is 4.65. The lowest BCUT2D eigenvalue weighted by Crippen LogP contribution is -2.41. The third-order valence-corrected chi connectivity index (χ3v) is 4.65. The van der Waals surface area contributed by atoms with Gasteiger partial charge in [0.15, 0.2) is 11.2 Å². The van der Waals surface area contributed by atoms with Crippen molar-refractivity contribution in [3.63, 3.8) is 0 Å².